The highest BCUT2D eigenvalue weighted by Gasteiger charge is 2.33. The molecule has 0 unspecified atom stereocenters. The van der Waals surface area contributed by atoms with Crippen molar-refractivity contribution in [1.29, 1.82) is 0 Å². The molecule has 13 N–H and O–H groups in total. The summed E-state index contributed by atoms with van der Waals surface area (Å²) in [5, 5.41) is 19.6. The minimum absolute atomic E-state index is 0.0274. The molecule has 6 atom stereocenters. The molecule has 42 heavy (non-hydrogen) atoms. The van der Waals surface area contributed by atoms with Crippen LogP contribution in [0, 0.1) is 5.92 Å². The number of hydrogen-bond donors (Lipinski definition) is 9. The molecule has 0 bridgehead atoms. The minimum atomic E-state index is -1.32. The van der Waals surface area contributed by atoms with Gasteiger partial charge in [0.15, 0.2) is 5.96 Å². The number of thioether (sulfide) groups is 1. The Labute approximate surface area is 250 Å². The lowest BCUT2D eigenvalue weighted by Gasteiger charge is -2.28. The van der Waals surface area contributed by atoms with E-state index >= 15 is 0 Å². The Hall–Kier alpha value is -3.60. The van der Waals surface area contributed by atoms with Gasteiger partial charge in [0, 0.05) is 13.0 Å². The van der Waals surface area contributed by atoms with E-state index in [-0.39, 0.29) is 50.5 Å². The summed E-state index contributed by atoms with van der Waals surface area (Å²) in [5.41, 5.74) is 21.6. The zero-order valence-electron chi connectivity index (χ0n) is 24.7. The number of aliphatic carboxylic acids is 1. The SMILES string of the molecule is CC[C@H](C)[C@H](NC(=O)[C@H](C)N)C(=O)N[C@@H](CCC(N)=O)C(=O)N[C@@H](CCCN=C(N)N)C(=O)N[C@@H](CCSC)C(=O)O. The van der Waals surface area contributed by atoms with Gasteiger partial charge in [0.05, 0.1) is 6.04 Å². The standard InChI is InChI=1S/C25H47N9O7S/c1-5-13(2)19(34-20(36)14(3)26)23(39)32-16(8-9-18(27)35)22(38)31-15(7-6-11-30-25(28)29)21(37)33-17(24(40)41)10-12-42-4/h13-17,19H,5-12,26H2,1-4H3,(H2,27,35)(H,31,38)(H,32,39)(H,33,37)(H,34,36)(H,40,41)(H4,28,29,30)/t13-,14-,15-,16-,17-,19-/m0/s1. The van der Waals surface area contributed by atoms with Gasteiger partial charge in [-0.25, -0.2) is 4.79 Å². The maximum atomic E-state index is 13.4. The summed E-state index contributed by atoms with van der Waals surface area (Å²) < 4.78 is 0. The number of carboxylic acid groups (broad SMARTS) is 1. The van der Waals surface area contributed by atoms with Gasteiger partial charge in [-0.1, -0.05) is 20.3 Å². The minimum Gasteiger partial charge on any atom is -0.480 e. The molecule has 0 saturated heterocycles. The predicted molar refractivity (Wildman–Crippen MR) is 160 cm³/mol. The van der Waals surface area contributed by atoms with Crippen LogP contribution in [0.2, 0.25) is 0 Å². The third kappa shape index (κ3) is 15.4. The first-order valence-corrected chi connectivity index (χ1v) is 15.1. The Morgan fingerprint density at radius 2 is 1.36 bits per heavy atom. The molecule has 240 valence electrons. The molecule has 0 heterocycles. The molecule has 0 aliphatic heterocycles. The molecule has 16 nitrogen and oxygen atoms in total. The number of carbonyl (C=O) groups is 6. The first kappa shape index (κ1) is 38.4. The molecular weight excluding hydrogens is 570 g/mol. The number of carbonyl (C=O) groups excluding carboxylic acids is 5. The molecule has 0 aromatic heterocycles. The number of guanidine groups is 1. The predicted octanol–water partition coefficient (Wildman–Crippen LogP) is -2.52. The lowest BCUT2D eigenvalue weighted by Crippen LogP contribution is -2.59. The fourth-order valence-corrected chi connectivity index (χ4v) is 4.09. The van der Waals surface area contributed by atoms with Crippen LogP contribution in [0.1, 0.15) is 59.3 Å². The monoisotopic (exact) mass is 617 g/mol. The van der Waals surface area contributed by atoms with E-state index in [9.17, 15) is 33.9 Å². The normalized spacial score (nSPS) is 15.1. The van der Waals surface area contributed by atoms with Crippen molar-refractivity contribution in [1.82, 2.24) is 21.3 Å². The number of primary amides is 1. The number of carboxylic acids is 1. The molecule has 0 saturated carbocycles. The summed E-state index contributed by atoms with van der Waals surface area (Å²) in [7, 11) is 0. The molecule has 0 aliphatic carbocycles. The van der Waals surface area contributed by atoms with Gasteiger partial charge in [-0.05, 0) is 50.5 Å². The van der Waals surface area contributed by atoms with Gasteiger partial charge in [-0.15, -0.1) is 0 Å². The van der Waals surface area contributed by atoms with Crippen molar-refractivity contribution in [2.75, 3.05) is 18.6 Å². The van der Waals surface area contributed by atoms with E-state index in [0.29, 0.717) is 12.2 Å². The third-order valence-electron chi connectivity index (χ3n) is 6.32. The first-order chi connectivity index (χ1) is 19.6. The van der Waals surface area contributed by atoms with E-state index in [2.05, 4.69) is 26.3 Å². The summed E-state index contributed by atoms with van der Waals surface area (Å²) in [5.74, 6) is -4.83. The summed E-state index contributed by atoms with van der Waals surface area (Å²) >= 11 is 1.41. The van der Waals surface area contributed by atoms with Gasteiger partial charge in [0.2, 0.25) is 29.5 Å². The summed E-state index contributed by atoms with van der Waals surface area (Å²) in [6.07, 6.45) is 2.26. The van der Waals surface area contributed by atoms with Gasteiger partial charge >= 0.3 is 5.97 Å². The van der Waals surface area contributed by atoms with E-state index in [1.165, 1.54) is 18.7 Å². The number of amides is 5. The molecule has 0 radical (unpaired) electrons. The molecule has 17 heteroatoms. The fourth-order valence-electron chi connectivity index (χ4n) is 3.61. The zero-order valence-corrected chi connectivity index (χ0v) is 25.5. The summed E-state index contributed by atoms with van der Waals surface area (Å²) in [6, 6.07) is -5.66. The van der Waals surface area contributed by atoms with Crippen molar-refractivity contribution < 1.29 is 33.9 Å². The molecule has 0 aliphatic rings. The molecule has 0 aromatic rings. The van der Waals surface area contributed by atoms with Gasteiger partial charge < -0.3 is 49.3 Å². The van der Waals surface area contributed by atoms with Gasteiger partial charge in [0.1, 0.15) is 24.2 Å². The zero-order chi connectivity index (χ0) is 32.4. The number of nitrogens with zero attached hydrogens (tertiary/aromatic N) is 1. The number of aliphatic imine (C=N–C) groups is 1. The van der Waals surface area contributed by atoms with Crippen molar-refractivity contribution in [2.24, 2.45) is 33.8 Å². The van der Waals surface area contributed by atoms with Crippen molar-refractivity contribution in [3.8, 4) is 0 Å². The Morgan fingerprint density at radius 1 is 0.810 bits per heavy atom. The highest BCUT2D eigenvalue weighted by Crippen LogP contribution is 2.11. The highest BCUT2D eigenvalue weighted by atomic mass is 32.2. The number of nitrogens with two attached hydrogens (primary N) is 4. The summed E-state index contributed by atoms with van der Waals surface area (Å²) in [4.78, 5) is 79.0. The molecule has 0 aromatic carbocycles. The van der Waals surface area contributed by atoms with Crippen LogP contribution in [0.25, 0.3) is 0 Å². The van der Waals surface area contributed by atoms with Gasteiger partial charge in [-0.2, -0.15) is 11.8 Å². The van der Waals surface area contributed by atoms with Gasteiger partial charge in [0.25, 0.3) is 0 Å². The van der Waals surface area contributed by atoms with E-state index in [1.54, 1.807) is 13.2 Å². The second-order valence-corrected chi connectivity index (χ2v) is 10.9. The van der Waals surface area contributed by atoms with Crippen LogP contribution in [0.5, 0.6) is 0 Å². The largest absolute Gasteiger partial charge is 0.480 e. The van der Waals surface area contributed by atoms with Crippen molar-refractivity contribution in [3.05, 3.63) is 0 Å². The van der Waals surface area contributed by atoms with E-state index in [1.807, 2.05) is 6.92 Å². The van der Waals surface area contributed by atoms with Crippen LogP contribution in [-0.2, 0) is 28.8 Å². The average molecular weight is 618 g/mol. The van der Waals surface area contributed by atoms with Gasteiger partial charge in [-0.3, -0.25) is 29.0 Å². The quantitative estimate of drug-likeness (QED) is 0.0368. The maximum absolute atomic E-state index is 13.4. The number of nitrogens with one attached hydrogen (secondary N) is 4. The van der Waals surface area contributed by atoms with Crippen LogP contribution in [-0.4, -0.2) is 95.3 Å². The Kier molecular flexibility index (Phi) is 18.6. The van der Waals surface area contributed by atoms with Crippen LogP contribution in [0.3, 0.4) is 0 Å². The molecule has 0 fully saturated rings. The topological polar surface area (TPSA) is 287 Å². The van der Waals surface area contributed by atoms with Crippen molar-refractivity contribution in [3.63, 3.8) is 0 Å². The van der Waals surface area contributed by atoms with E-state index < -0.39 is 65.7 Å². The van der Waals surface area contributed by atoms with Crippen LogP contribution in [0.4, 0.5) is 0 Å². The van der Waals surface area contributed by atoms with Crippen LogP contribution >= 0.6 is 11.8 Å². The Balaban J connectivity index is 6.02. The first-order valence-electron chi connectivity index (χ1n) is 13.7. The van der Waals surface area contributed by atoms with E-state index in [0.717, 1.165) is 0 Å². The second kappa shape index (κ2) is 20.3. The molecule has 0 rings (SSSR count). The summed E-state index contributed by atoms with van der Waals surface area (Å²) in [6.45, 7) is 5.14. The highest BCUT2D eigenvalue weighted by molar-refractivity contribution is 7.98. The fraction of sp³-hybridized carbons (Fsp3) is 0.720. The molecular formula is C25H47N9O7S. The van der Waals surface area contributed by atoms with Crippen molar-refractivity contribution in [2.45, 2.75) is 89.5 Å². The van der Waals surface area contributed by atoms with Crippen molar-refractivity contribution >= 4 is 53.2 Å². The Morgan fingerprint density at radius 3 is 1.83 bits per heavy atom. The molecule has 5 amide bonds. The lowest BCUT2D eigenvalue weighted by atomic mass is 9.97. The number of rotatable bonds is 21. The number of hydrogen-bond acceptors (Lipinski definition) is 9. The second-order valence-electron chi connectivity index (χ2n) is 9.92. The third-order valence-corrected chi connectivity index (χ3v) is 6.97. The molecule has 0 spiro atoms. The van der Waals surface area contributed by atoms with Crippen LogP contribution in [0.15, 0.2) is 4.99 Å². The van der Waals surface area contributed by atoms with Crippen LogP contribution < -0.4 is 44.2 Å². The average Bonchev–Trinajstić information content (AvgIpc) is 2.91. The maximum Gasteiger partial charge on any atom is 0.326 e. The lowest BCUT2D eigenvalue weighted by molar-refractivity contribution is -0.142. The van der Waals surface area contributed by atoms with E-state index in [4.69, 9.17) is 22.9 Å². The Bertz CT molecular complexity index is 961. The smallest absolute Gasteiger partial charge is 0.326 e.